The number of rotatable bonds is 6. The molecule has 0 bridgehead atoms. The molecular weight excluding hydrogens is 329 g/mol. The lowest BCUT2D eigenvalue weighted by molar-refractivity contribution is -0.111. The fraction of sp³-hybridized carbons (Fsp3) is 0.211. The molecule has 2 rings (SSSR count). The molecule has 0 aliphatic heterocycles. The lowest BCUT2D eigenvalue weighted by atomic mass is 10.1. The van der Waals surface area contributed by atoms with Crippen LogP contribution < -0.4 is 5.32 Å². The highest BCUT2D eigenvalue weighted by Crippen LogP contribution is 2.23. The third-order valence-corrected chi connectivity index (χ3v) is 4.15. The van der Waals surface area contributed by atoms with Gasteiger partial charge in [0.25, 0.3) is 0 Å². The number of anilines is 1. The van der Waals surface area contributed by atoms with Crippen LogP contribution in [-0.4, -0.2) is 5.91 Å². The van der Waals surface area contributed by atoms with E-state index in [4.69, 9.17) is 23.2 Å². The molecule has 1 N–H and O–H groups in total. The Morgan fingerprint density at radius 3 is 2.48 bits per heavy atom. The number of hydrogen-bond donors (Lipinski definition) is 1. The first-order chi connectivity index (χ1) is 11.1. The Bertz CT molecular complexity index is 693. The summed E-state index contributed by atoms with van der Waals surface area (Å²) in [7, 11) is 0. The molecule has 0 fully saturated rings. The van der Waals surface area contributed by atoms with E-state index >= 15 is 0 Å². The van der Waals surface area contributed by atoms with Gasteiger partial charge in [-0.25, -0.2) is 0 Å². The highest BCUT2D eigenvalue weighted by Gasteiger charge is 2.00. The first-order valence-corrected chi connectivity index (χ1v) is 8.37. The van der Waals surface area contributed by atoms with Crippen molar-refractivity contribution in [1.29, 1.82) is 0 Å². The Hall–Kier alpha value is -1.77. The average molecular weight is 348 g/mol. The van der Waals surface area contributed by atoms with Gasteiger partial charge in [-0.1, -0.05) is 54.7 Å². The van der Waals surface area contributed by atoms with Crippen LogP contribution in [0, 0.1) is 0 Å². The predicted molar refractivity (Wildman–Crippen MR) is 99.2 cm³/mol. The van der Waals surface area contributed by atoms with Gasteiger partial charge in [0.15, 0.2) is 0 Å². The van der Waals surface area contributed by atoms with E-state index in [0.717, 1.165) is 17.7 Å². The van der Waals surface area contributed by atoms with Crippen LogP contribution in [0.15, 0.2) is 48.5 Å². The van der Waals surface area contributed by atoms with Crippen molar-refractivity contribution >= 4 is 40.9 Å². The number of carbonyl (C=O) groups excluding carboxylic acids is 1. The van der Waals surface area contributed by atoms with E-state index in [1.807, 2.05) is 24.3 Å². The van der Waals surface area contributed by atoms with Crippen LogP contribution in [0.3, 0.4) is 0 Å². The lowest BCUT2D eigenvalue weighted by Gasteiger charge is -2.04. The molecule has 0 atom stereocenters. The molecule has 0 saturated heterocycles. The minimum Gasteiger partial charge on any atom is -0.323 e. The maximum Gasteiger partial charge on any atom is 0.248 e. The van der Waals surface area contributed by atoms with Gasteiger partial charge in [0.05, 0.1) is 10.0 Å². The summed E-state index contributed by atoms with van der Waals surface area (Å²) in [6.07, 6.45) is 6.61. The highest BCUT2D eigenvalue weighted by atomic mass is 35.5. The molecule has 2 aromatic rings. The maximum atomic E-state index is 11.9. The van der Waals surface area contributed by atoms with Crippen molar-refractivity contribution in [3.8, 4) is 0 Å². The summed E-state index contributed by atoms with van der Waals surface area (Å²) < 4.78 is 0. The summed E-state index contributed by atoms with van der Waals surface area (Å²) in [6, 6.07) is 13.2. The Morgan fingerprint density at radius 2 is 1.83 bits per heavy atom. The molecule has 0 aliphatic carbocycles. The molecule has 2 aromatic carbocycles. The van der Waals surface area contributed by atoms with Gasteiger partial charge in [-0.3, -0.25) is 4.79 Å². The van der Waals surface area contributed by atoms with Crippen LogP contribution in [0.2, 0.25) is 10.0 Å². The van der Waals surface area contributed by atoms with Crippen LogP contribution in [0.4, 0.5) is 5.69 Å². The summed E-state index contributed by atoms with van der Waals surface area (Å²) in [5.41, 5.74) is 2.90. The first-order valence-electron chi connectivity index (χ1n) is 7.61. The van der Waals surface area contributed by atoms with E-state index in [1.165, 1.54) is 24.5 Å². The molecule has 0 heterocycles. The third-order valence-electron chi connectivity index (χ3n) is 3.41. The van der Waals surface area contributed by atoms with Gasteiger partial charge in [0.1, 0.15) is 0 Å². The van der Waals surface area contributed by atoms with Crippen molar-refractivity contribution in [1.82, 2.24) is 0 Å². The zero-order valence-electron chi connectivity index (χ0n) is 13.0. The van der Waals surface area contributed by atoms with Crippen molar-refractivity contribution in [3.05, 3.63) is 69.7 Å². The topological polar surface area (TPSA) is 29.1 Å². The Morgan fingerprint density at radius 1 is 1.09 bits per heavy atom. The Balaban J connectivity index is 1.93. The van der Waals surface area contributed by atoms with Crippen LogP contribution in [0.1, 0.15) is 30.9 Å². The molecule has 0 radical (unpaired) electrons. The number of aryl methyl sites for hydroxylation is 1. The molecule has 4 heteroatoms. The van der Waals surface area contributed by atoms with E-state index in [-0.39, 0.29) is 5.91 Å². The molecule has 0 aromatic heterocycles. The standard InChI is InChI=1S/C19H19Cl2NO/c1-2-3-4-14-5-9-16(10-6-14)22-19(23)12-8-15-7-11-17(20)18(21)13-15/h5-13H,2-4H2,1H3,(H,22,23). The number of benzene rings is 2. The van der Waals surface area contributed by atoms with Gasteiger partial charge in [-0.05, 0) is 54.3 Å². The van der Waals surface area contributed by atoms with Crippen molar-refractivity contribution in [3.63, 3.8) is 0 Å². The Kier molecular flexibility index (Phi) is 6.69. The van der Waals surface area contributed by atoms with Crippen molar-refractivity contribution in [2.75, 3.05) is 5.32 Å². The van der Waals surface area contributed by atoms with E-state index in [2.05, 4.69) is 12.2 Å². The van der Waals surface area contributed by atoms with E-state index < -0.39 is 0 Å². The number of carbonyl (C=O) groups is 1. The molecule has 120 valence electrons. The maximum absolute atomic E-state index is 11.9. The number of amides is 1. The van der Waals surface area contributed by atoms with Gasteiger partial charge in [0.2, 0.25) is 5.91 Å². The van der Waals surface area contributed by atoms with E-state index in [0.29, 0.717) is 10.0 Å². The fourth-order valence-electron chi connectivity index (χ4n) is 2.11. The molecule has 0 unspecified atom stereocenters. The van der Waals surface area contributed by atoms with Gasteiger partial charge < -0.3 is 5.32 Å². The number of nitrogens with one attached hydrogen (secondary N) is 1. The Labute approximate surface area is 147 Å². The van der Waals surface area contributed by atoms with Gasteiger partial charge in [-0.2, -0.15) is 0 Å². The smallest absolute Gasteiger partial charge is 0.248 e. The minimum atomic E-state index is -0.183. The number of hydrogen-bond acceptors (Lipinski definition) is 1. The summed E-state index contributed by atoms with van der Waals surface area (Å²) in [4.78, 5) is 11.9. The van der Waals surface area contributed by atoms with Crippen LogP contribution in [0.5, 0.6) is 0 Å². The zero-order valence-corrected chi connectivity index (χ0v) is 14.5. The summed E-state index contributed by atoms with van der Waals surface area (Å²) in [5.74, 6) is -0.183. The minimum absolute atomic E-state index is 0.183. The third kappa shape index (κ3) is 5.74. The monoisotopic (exact) mass is 347 g/mol. The highest BCUT2D eigenvalue weighted by molar-refractivity contribution is 6.42. The molecule has 0 saturated carbocycles. The quantitative estimate of drug-likeness (QED) is 0.639. The van der Waals surface area contributed by atoms with Gasteiger partial charge >= 0.3 is 0 Å². The summed E-state index contributed by atoms with van der Waals surface area (Å²) >= 11 is 11.8. The average Bonchev–Trinajstić information content (AvgIpc) is 2.55. The van der Waals surface area contributed by atoms with Crippen LogP contribution in [-0.2, 0) is 11.2 Å². The van der Waals surface area contributed by atoms with Crippen LogP contribution >= 0.6 is 23.2 Å². The zero-order chi connectivity index (χ0) is 16.7. The van der Waals surface area contributed by atoms with Crippen LogP contribution in [0.25, 0.3) is 6.08 Å². The molecule has 0 spiro atoms. The normalized spacial score (nSPS) is 10.9. The molecule has 2 nitrogen and oxygen atoms in total. The number of unbranched alkanes of at least 4 members (excludes halogenated alkanes) is 1. The van der Waals surface area contributed by atoms with Crippen molar-refractivity contribution in [2.45, 2.75) is 26.2 Å². The first kappa shape index (κ1) is 17.6. The van der Waals surface area contributed by atoms with Crippen molar-refractivity contribution < 1.29 is 4.79 Å². The SMILES string of the molecule is CCCCc1ccc(NC(=O)C=Cc2ccc(Cl)c(Cl)c2)cc1. The number of halogens is 2. The fourth-order valence-corrected chi connectivity index (χ4v) is 2.41. The molecule has 23 heavy (non-hydrogen) atoms. The van der Waals surface area contributed by atoms with Gasteiger partial charge in [-0.15, -0.1) is 0 Å². The van der Waals surface area contributed by atoms with Gasteiger partial charge in [0, 0.05) is 11.8 Å². The molecule has 0 aliphatic rings. The lowest BCUT2D eigenvalue weighted by Crippen LogP contribution is -2.07. The molecule has 1 amide bonds. The summed E-state index contributed by atoms with van der Waals surface area (Å²) in [6.45, 7) is 2.18. The molecular formula is C19H19Cl2NO. The largest absolute Gasteiger partial charge is 0.323 e. The summed E-state index contributed by atoms with van der Waals surface area (Å²) in [5, 5.41) is 3.80. The van der Waals surface area contributed by atoms with Crippen molar-refractivity contribution in [2.24, 2.45) is 0 Å². The second-order valence-electron chi connectivity index (χ2n) is 5.30. The second kappa shape index (κ2) is 8.76. The van der Waals surface area contributed by atoms with E-state index in [1.54, 1.807) is 24.3 Å². The second-order valence-corrected chi connectivity index (χ2v) is 6.11. The van der Waals surface area contributed by atoms with E-state index in [9.17, 15) is 4.79 Å². The predicted octanol–water partition coefficient (Wildman–Crippen LogP) is 5.99.